The van der Waals surface area contributed by atoms with Crippen LogP contribution >= 0.6 is 0 Å². The third-order valence-electron chi connectivity index (χ3n) is 4.12. The molecular formula is C22H19FN2O3. The molecule has 3 aromatic carbocycles. The second kappa shape index (κ2) is 8.81. The number of nitrogens with one attached hydrogen (secondary N) is 2. The van der Waals surface area contributed by atoms with E-state index in [0.717, 1.165) is 17.4 Å². The SMILES string of the molecule is COc1ccc(CNC(=O)c2ccccc2NC(=O)c2cccc(F)c2)cc1. The standard InChI is InChI=1S/C22H19FN2O3/c1-28-18-11-9-15(10-12-18)14-24-22(27)19-7-2-3-8-20(19)25-21(26)16-5-4-6-17(23)13-16/h2-13H,14H2,1H3,(H,24,27)(H,25,26). The average Bonchev–Trinajstić information content (AvgIpc) is 2.72. The van der Waals surface area contributed by atoms with Crippen molar-refractivity contribution in [2.24, 2.45) is 0 Å². The number of amides is 2. The third kappa shape index (κ3) is 4.73. The summed E-state index contributed by atoms with van der Waals surface area (Å²) in [6.45, 7) is 0.328. The maximum absolute atomic E-state index is 13.3. The smallest absolute Gasteiger partial charge is 0.255 e. The number of benzene rings is 3. The molecule has 0 aliphatic rings. The molecule has 0 aliphatic carbocycles. The molecule has 2 amide bonds. The van der Waals surface area contributed by atoms with E-state index < -0.39 is 11.7 Å². The van der Waals surface area contributed by atoms with Gasteiger partial charge in [0.15, 0.2) is 0 Å². The average molecular weight is 378 g/mol. The van der Waals surface area contributed by atoms with Crippen LogP contribution in [-0.2, 0) is 6.54 Å². The second-order valence-electron chi connectivity index (χ2n) is 6.04. The highest BCUT2D eigenvalue weighted by atomic mass is 19.1. The number of methoxy groups -OCH3 is 1. The number of ether oxygens (including phenoxy) is 1. The summed E-state index contributed by atoms with van der Waals surface area (Å²) in [5, 5.41) is 5.49. The molecule has 0 radical (unpaired) electrons. The van der Waals surface area contributed by atoms with Gasteiger partial charge in [-0.2, -0.15) is 0 Å². The Morgan fingerprint density at radius 1 is 0.929 bits per heavy atom. The summed E-state index contributed by atoms with van der Waals surface area (Å²) >= 11 is 0. The minimum atomic E-state index is -0.502. The molecule has 0 bridgehead atoms. The van der Waals surface area contributed by atoms with Gasteiger partial charge in [0.05, 0.1) is 18.4 Å². The van der Waals surface area contributed by atoms with Gasteiger partial charge in [-0.15, -0.1) is 0 Å². The molecule has 0 unspecified atom stereocenters. The molecule has 3 rings (SSSR count). The number of hydrogen-bond acceptors (Lipinski definition) is 3. The summed E-state index contributed by atoms with van der Waals surface area (Å²) in [5.41, 5.74) is 1.76. The maximum atomic E-state index is 13.3. The highest BCUT2D eigenvalue weighted by molar-refractivity contribution is 6.08. The van der Waals surface area contributed by atoms with Gasteiger partial charge in [-0.25, -0.2) is 4.39 Å². The fraction of sp³-hybridized carbons (Fsp3) is 0.0909. The summed E-state index contributed by atoms with van der Waals surface area (Å²) in [6.07, 6.45) is 0. The van der Waals surface area contributed by atoms with Gasteiger partial charge in [0, 0.05) is 12.1 Å². The number of carbonyl (C=O) groups is 2. The van der Waals surface area contributed by atoms with Crippen molar-refractivity contribution in [1.29, 1.82) is 0 Å². The maximum Gasteiger partial charge on any atom is 0.255 e. The van der Waals surface area contributed by atoms with E-state index in [2.05, 4.69) is 10.6 Å². The Labute approximate surface area is 162 Å². The molecule has 28 heavy (non-hydrogen) atoms. The van der Waals surface area contributed by atoms with Crippen molar-refractivity contribution < 1.29 is 18.7 Å². The van der Waals surface area contributed by atoms with E-state index in [1.807, 2.05) is 24.3 Å². The summed E-state index contributed by atoms with van der Waals surface area (Å²) in [4.78, 5) is 24.9. The number of para-hydroxylation sites is 1. The van der Waals surface area contributed by atoms with Gasteiger partial charge in [0.1, 0.15) is 11.6 Å². The van der Waals surface area contributed by atoms with Crippen LogP contribution in [0.15, 0.2) is 72.8 Å². The Kier molecular flexibility index (Phi) is 6.01. The van der Waals surface area contributed by atoms with E-state index in [9.17, 15) is 14.0 Å². The first-order valence-corrected chi connectivity index (χ1v) is 8.64. The van der Waals surface area contributed by atoms with E-state index in [0.29, 0.717) is 17.8 Å². The summed E-state index contributed by atoms with van der Waals surface area (Å²) in [6, 6.07) is 19.4. The summed E-state index contributed by atoms with van der Waals surface area (Å²) in [7, 11) is 1.59. The minimum absolute atomic E-state index is 0.174. The Morgan fingerprint density at radius 2 is 1.68 bits per heavy atom. The predicted molar refractivity (Wildman–Crippen MR) is 105 cm³/mol. The Morgan fingerprint density at radius 3 is 2.39 bits per heavy atom. The Bertz CT molecular complexity index is 987. The lowest BCUT2D eigenvalue weighted by Crippen LogP contribution is -2.24. The van der Waals surface area contributed by atoms with Crippen molar-refractivity contribution in [1.82, 2.24) is 5.32 Å². The van der Waals surface area contributed by atoms with Crippen LogP contribution in [0.1, 0.15) is 26.3 Å². The molecule has 142 valence electrons. The zero-order valence-corrected chi connectivity index (χ0v) is 15.2. The molecule has 5 nitrogen and oxygen atoms in total. The van der Waals surface area contributed by atoms with Crippen molar-refractivity contribution in [3.63, 3.8) is 0 Å². The van der Waals surface area contributed by atoms with E-state index in [-0.39, 0.29) is 11.5 Å². The van der Waals surface area contributed by atoms with Crippen molar-refractivity contribution in [2.45, 2.75) is 6.54 Å². The molecule has 0 heterocycles. The summed E-state index contributed by atoms with van der Waals surface area (Å²) in [5.74, 6) is -0.584. The topological polar surface area (TPSA) is 67.4 Å². The van der Waals surface area contributed by atoms with E-state index >= 15 is 0 Å². The van der Waals surface area contributed by atoms with Crippen LogP contribution in [0.5, 0.6) is 5.75 Å². The Balaban J connectivity index is 1.70. The number of hydrogen-bond donors (Lipinski definition) is 2. The lowest BCUT2D eigenvalue weighted by Gasteiger charge is -2.12. The molecule has 3 aromatic rings. The van der Waals surface area contributed by atoms with Crippen LogP contribution in [-0.4, -0.2) is 18.9 Å². The van der Waals surface area contributed by atoms with Gasteiger partial charge in [0.2, 0.25) is 0 Å². The lowest BCUT2D eigenvalue weighted by atomic mass is 10.1. The zero-order valence-electron chi connectivity index (χ0n) is 15.2. The first-order chi connectivity index (χ1) is 13.6. The Hall–Kier alpha value is -3.67. The fourth-order valence-electron chi connectivity index (χ4n) is 2.64. The minimum Gasteiger partial charge on any atom is -0.497 e. The van der Waals surface area contributed by atoms with Crippen LogP contribution in [0.25, 0.3) is 0 Å². The number of halogens is 1. The van der Waals surface area contributed by atoms with Crippen molar-refractivity contribution in [3.05, 3.63) is 95.3 Å². The van der Waals surface area contributed by atoms with Crippen molar-refractivity contribution >= 4 is 17.5 Å². The third-order valence-corrected chi connectivity index (χ3v) is 4.12. The second-order valence-corrected chi connectivity index (χ2v) is 6.04. The van der Waals surface area contributed by atoms with Gasteiger partial charge in [-0.1, -0.05) is 30.3 Å². The van der Waals surface area contributed by atoms with Crippen LogP contribution in [0.4, 0.5) is 10.1 Å². The van der Waals surface area contributed by atoms with Gasteiger partial charge in [-0.3, -0.25) is 9.59 Å². The highest BCUT2D eigenvalue weighted by Gasteiger charge is 2.14. The normalized spacial score (nSPS) is 10.2. The lowest BCUT2D eigenvalue weighted by molar-refractivity contribution is 0.0952. The number of rotatable bonds is 6. The van der Waals surface area contributed by atoms with Gasteiger partial charge in [-0.05, 0) is 48.0 Å². The molecule has 0 saturated heterocycles. The quantitative estimate of drug-likeness (QED) is 0.681. The monoisotopic (exact) mass is 378 g/mol. The molecule has 0 atom stereocenters. The summed E-state index contributed by atoms with van der Waals surface area (Å²) < 4.78 is 18.4. The molecular weight excluding hydrogens is 359 g/mol. The zero-order chi connectivity index (χ0) is 19.9. The molecule has 0 spiro atoms. The van der Waals surface area contributed by atoms with E-state index in [1.54, 1.807) is 31.4 Å². The first-order valence-electron chi connectivity index (χ1n) is 8.64. The van der Waals surface area contributed by atoms with Crippen LogP contribution in [0, 0.1) is 5.82 Å². The van der Waals surface area contributed by atoms with E-state index in [4.69, 9.17) is 4.74 Å². The molecule has 0 aliphatic heterocycles. The largest absolute Gasteiger partial charge is 0.497 e. The van der Waals surface area contributed by atoms with Gasteiger partial charge >= 0.3 is 0 Å². The first kappa shape index (κ1) is 19.1. The van der Waals surface area contributed by atoms with Crippen molar-refractivity contribution in [2.75, 3.05) is 12.4 Å². The van der Waals surface area contributed by atoms with E-state index in [1.165, 1.54) is 18.2 Å². The van der Waals surface area contributed by atoms with Crippen molar-refractivity contribution in [3.8, 4) is 5.75 Å². The fourth-order valence-corrected chi connectivity index (χ4v) is 2.64. The number of carbonyl (C=O) groups excluding carboxylic acids is 2. The molecule has 0 fully saturated rings. The molecule has 2 N–H and O–H groups in total. The van der Waals surface area contributed by atoms with Gasteiger partial charge < -0.3 is 15.4 Å². The van der Waals surface area contributed by atoms with Gasteiger partial charge in [0.25, 0.3) is 11.8 Å². The van der Waals surface area contributed by atoms with Crippen LogP contribution in [0.3, 0.4) is 0 Å². The molecule has 6 heteroatoms. The van der Waals surface area contributed by atoms with Crippen LogP contribution in [0.2, 0.25) is 0 Å². The highest BCUT2D eigenvalue weighted by Crippen LogP contribution is 2.17. The van der Waals surface area contributed by atoms with Crippen LogP contribution < -0.4 is 15.4 Å². The molecule has 0 aromatic heterocycles. The predicted octanol–water partition coefficient (Wildman–Crippen LogP) is 4.02. The molecule has 0 saturated carbocycles. The number of anilines is 1.